The second-order valence-corrected chi connectivity index (χ2v) is 5.99. The van der Waals surface area contributed by atoms with Gasteiger partial charge in [0.2, 0.25) is 0 Å². The van der Waals surface area contributed by atoms with Crippen molar-refractivity contribution >= 4 is 17.5 Å². The summed E-state index contributed by atoms with van der Waals surface area (Å²) in [5, 5.41) is 7.12. The highest BCUT2D eigenvalue weighted by Crippen LogP contribution is 2.38. The van der Waals surface area contributed by atoms with Gasteiger partial charge >= 0.3 is 0 Å². The minimum absolute atomic E-state index is 0.0891. The van der Waals surface area contributed by atoms with Gasteiger partial charge in [-0.05, 0) is 44.7 Å². The summed E-state index contributed by atoms with van der Waals surface area (Å²) < 4.78 is 0. The Kier molecular flexibility index (Phi) is 3.46. The van der Waals surface area contributed by atoms with Crippen LogP contribution in [0.25, 0.3) is 0 Å². The van der Waals surface area contributed by atoms with E-state index < -0.39 is 0 Å². The van der Waals surface area contributed by atoms with Gasteiger partial charge in [-0.3, -0.25) is 9.78 Å². The van der Waals surface area contributed by atoms with Crippen LogP contribution in [-0.2, 0) is 0 Å². The lowest BCUT2D eigenvalue weighted by Gasteiger charge is -2.48. The molecule has 2 heterocycles. The topological polar surface area (TPSA) is 54.0 Å². The Morgan fingerprint density at radius 3 is 3.05 bits per heavy atom. The van der Waals surface area contributed by atoms with Gasteiger partial charge in [0.15, 0.2) is 0 Å². The first-order valence-corrected chi connectivity index (χ1v) is 7.22. The van der Waals surface area contributed by atoms with Gasteiger partial charge in [0.05, 0.1) is 10.6 Å². The summed E-state index contributed by atoms with van der Waals surface area (Å²) in [5.74, 6) is -0.0891. The molecule has 0 radical (unpaired) electrons. The Morgan fingerprint density at radius 1 is 1.53 bits per heavy atom. The van der Waals surface area contributed by atoms with Crippen molar-refractivity contribution in [2.24, 2.45) is 0 Å². The molecule has 5 heteroatoms. The fourth-order valence-corrected chi connectivity index (χ4v) is 3.29. The van der Waals surface area contributed by atoms with E-state index in [0.717, 1.165) is 19.4 Å². The minimum atomic E-state index is -0.0891. The van der Waals surface area contributed by atoms with E-state index in [2.05, 4.69) is 15.6 Å². The molecule has 1 aromatic rings. The zero-order valence-electron chi connectivity index (χ0n) is 10.8. The first-order chi connectivity index (χ1) is 9.19. The molecule has 4 nitrogen and oxygen atoms in total. The number of hydrogen-bond donors (Lipinski definition) is 2. The lowest BCUT2D eigenvalue weighted by Crippen LogP contribution is -2.59. The standard InChI is InChI=1S/C14H18ClN3O/c15-12-9-16-6-3-11(12)13(19)18-10-2-7-17-14(8-10)4-1-5-14/h3,6,9-10,17H,1-2,4-5,7-8H2,(H,18,19). The predicted molar refractivity (Wildman–Crippen MR) is 74.3 cm³/mol. The van der Waals surface area contributed by atoms with Crippen LogP contribution in [0.1, 0.15) is 42.5 Å². The van der Waals surface area contributed by atoms with E-state index in [4.69, 9.17) is 11.6 Å². The fourth-order valence-electron chi connectivity index (χ4n) is 3.09. The lowest BCUT2D eigenvalue weighted by atomic mass is 9.70. The Hall–Kier alpha value is -1.13. The molecule has 1 saturated carbocycles. The molecule has 1 aliphatic carbocycles. The van der Waals surface area contributed by atoms with E-state index in [-0.39, 0.29) is 17.5 Å². The van der Waals surface area contributed by atoms with Crippen LogP contribution in [0.15, 0.2) is 18.5 Å². The van der Waals surface area contributed by atoms with Gasteiger partial charge in [-0.15, -0.1) is 0 Å². The summed E-state index contributed by atoms with van der Waals surface area (Å²) in [7, 11) is 0. The fraction of sp³-hybridized carbons (Fsp3) is 0.571. The maximum atomic E-state index is 12.2. The number of nitrogens with one attached hydrogen (secondary N) is 2. The number of carbonyl (C=O) groups excluding carboxylic acids is 1. The van der Waals surface area contributed by atoms with Crippen LogP contribution in [-0.4, -0.2) is 29.0 Å². The first kappa shape index (κ1) is 12.9. The molecule has 1 aromatic heterocycles. The van der Waals surface area contributed by atoms with Gasteiger partial charge in [0.1, 0.15) is 0 Å². The van der Waals surface area contributed by atoms with Crippen molar-refractivity contribution in [2.45, 2.75) is 43.7 Å². The molecule has 102 valence electrons. The van der Waals surface area contributed by atoms with Gasteiger partial charge in [-0.2, -0.15) is 0 Å². The van der Waals surface area contributed by atoms with Crippen LogP contribution in [0.3, 0.4) is 0 Å². The molecular weight excluding hydrogens is 262 g/mol. The molecule has 19 heavy (non-hydrogen) atoms. The molecule has 0 bridgehead atoms. The summed E-state index contributed by atoms with van der Waals surface area (Å²) in [4.78, 5) is 16.1. The number of halogens is 1. The highest BCUT2D eigenvalue weighted by molar-refractivity contribution is 6.33. The Balaban J connectivity index is 1.65. The Morgan fingerprint density at radius 2 is 2.37 bits per heavy atom. The molecule has 0 aromatic carbocycles. The minimum Gasteiger partial charge on any atom is -0.349 e. The van der Waals surface area contributed by atoms with Gasteiger partial charge in [-0.1, -0.05) is 11.6 Å². The van der Waals surface area contributed by atoms with Crippen LogP contribution >= 0.6 is 11.6 Å². The summed E-state index contributed by atoms with van der Waals surface area (Å²) in [6, 6.07) is 1.91. The average molecular weight is 280 g/mol. The third kappa shape index (κ3) is 2.60. The monoisotopic (exact) mass is 279 g/mol. The van der Waals surface area contributed by atoms with E-state index in [0.29, 0.717) is 10.6 Å². The summed E-state index contributed by atoms with van der Waals surface area (Å²) in [6.07, 6.45) is 8.87. The summed E-state index contributed by atoms with van der Waals surface area (Å²) in [6.45, 7) is 0.981. The van der Waals surface area contributed by atoms with Crippen LogP contribution in [0.2, 0.25) is 5.02 Å². The number of aromatic nitrogens is 1. The van der Waals surface area contributed by atoms with Crippen molar-refractivity contribution in [3.8, 4) is 0 Å². The number of rotatable bonds is 2. The highest BCUT2D eigenvalue weighted by Gasteiger charge is 2.41. The lowest BCUT2D eigenvalue weighted by molar-refractivity contribution is 0.0853. The molecule has 2 fully saturated rings. The van der Waals surface area contributed by atoms with E-state index in [9.17, 15) is 4.79 Å². The van der Waals surface area contributed by atoms with Crippen LogP contribution in [0, 0.1) is 0 Å². The van der Waals surface area contributed by atoms with E-state index in [1.165, 1.54) is 25.5 Å². The van der Waals surface area contributed by atoms with Crippen LogP contribution in [0.4, 0.5) is 0 Å². The quantitative estimate of drug-likeness (QED) is 0.872. The van der Waals surface area contributed by atoms with E-state index >= 15 is 0 Å². The van der Waals surface area contributed by atoms with Crippen LogP contribution < -0.4 is 10.6 Å². The van der Waals surface area contributed by atoms with Gasteiger partial charge in [0, 0.05) is 24.0 Å². The van der Waals surface area contributed by atoms with Crippen molar-refractivity contribution in [3.05, 3.63) is 29.0 Å². The molecule has 1 aliphatic heterocycles. The van der Waals surface area contributed by atoms with Gasteiger partial charge in [0.25, 0.3) is 5.91 Å². The van der Waals surface area contributed by atoms with Crippen molar-refractivity contribution in [1.82, 2.24) is 15.6 Å². The third-order valence-electron chi connectivity index (χ3n) is 4.29. The van der Waals surface area contributed by atoms with Crippen molar-refractivity contribution in [3.63, 3.8) is 0 Å². The molecule has 2 aliphatic rings. The zero-order valence-corrected chi connectivity index (χ0v) is 11.5. The van der Waals surface area contributed by atoms with E-state index in [1.54, 1.807) is 12.3 Å². The summed E-state index contributed by atoms with van der Waals surface area (Å²) in [5.41, 5.74) is 0.802. The smallest absolute Gasteiger partial charge is 0.253 e. The molecular formula is C14H18ClN3O. The predicted octanol–water partition coefficient (Wildman–Crippen LogP) is 2.14. The normalized spacial score (nSPS) is 24.8. The number of piperidine rings is 1. The Bertz CT molecular complexity index is 487. The molecule has 2 N–H and O–H groups in total. The van der Waals surface area contributed by atoms with E-state index in [1.807, 2.05) is 0 Å². The molecule has 3 rings (SSSR count). The second kappa shape index (κ2) is 5.10. The molecule has 1 amide bonds. The van der Waals surface area contributed by atoms with Gasteiger partial charge in [-0.25, -0.2) is 0 Å². The highest BCUT2D eigenvalue weighted by atomic mass is 35.5. The Labute approximate surface area is 117 Å². The number of nitrogens with zero attached hydrogens (tertiary/aromatic N) is 1. The average Bonchev–Trinajstić information content (AvgIpc) is 2.37. The number of pyridine rings is 1. The number of carbonyl (C=O) groups is 1. The zero-order chi connectivity index (χ0) is 13.3. The molecule has 1 saturated heterocycles. The van der Waals surface area contributed by atoms with Crippen molar-refractivity contribution in [2.75, 3.05) is 6.54 Å². The van der Waals surface area contributed by atoms with Crippen molar-refractivity contribution in [1.29, 1.82) is 0 Å². The van der Waals surface area contributed by atoms with Crippen LogP contribution in [0.5, 0.6) is 0 Å². The maximum Gasteiger partial charge on any atom is 0.253 e. The third-order valence-corrected chi connectivity index (χ3v) is 4.59. The van der Waals surface area contributed by atoms with Crippen molar-refractivity contribution < 1.29 is 4.79 Å². The molecule has 1 atom stereocenters. The molecule has 1 spiro atoms. The largest absolute Gasteiger partial charge is 0.349 e. The first-order valence-electron chi connectivity index (χ1n) is 6.84. The number of hydrogen-bond acceptors (Lipinski definition) is 3. The SMILES string of the molecule is O=C(NC1CCNC2(CCC2)C1)c1ccncc1Cl. The number of amides is 1. The van der Waals surface area contributed by atoms with Gasteiger partial charge < -0.3 is 10.6 Å². The molecule has 1 unspecified atom stereocenters. The second-order valence-electron chi connectivity index (χ2n) is 5.58. The summed E-state index contributed by atoms with van der Waals surface area (Å²) >= 11 is 6.00. The maximum absolute atomic E-state index is 12.2.